The Morgan fingerprint density at radius 1 is 1.27 bits per heavy atom. The predicted molar refractivity (Wildman–Crippen MR) is 95.7 cm³/mol. The Kier molecular flexibility index (Phi) is 7.59. The van der Waals surface area contributed by atoms with Crippen LogP contribution in [0, 0.1) is 6.92 Å². The molecule has 2 heterocycles. The Labute approximate surface area is 148 Å². The Morgan fingerprint density at radius 2 is 1.95 bits per heavy atom. The predicted octanol–water partition coefficient (Wildman–Crippen LogP) is 3.52. The van der Waals surface area contributed by atoms with Crippen molar-refractivity contribution < 1.29 is 4.79 Å². The molecule has 126 valence electrons. The second-order valence-corrected chi connectivity index (χ2v) is 7.01. The fourth-order valence-corrected chi connectivity index (χ4v) is 4.63. The molecule has 2 fully saturated rings. The first-order valence-electron chi connectivity index (χ1n) is 7.69. The minimum atomic E-state index is 0. The summed E-state index contributed by atoms with van der Waals surface area (Å²) in [6.07, 6.45) is 7.17. The first kappa shape index (κ1) is 19.7. The molecule has 0 spiro atoms. The van der Waals surface area contributed by atoms with E-state index in [1.807, 2.05) is 11.8 Å². The molecule has 1 saturated carbocycles. The molecule has 7 heteroatoms. The summed E-state index contributed by atoms with van der Waals surface area (Å²) in [5.74, 6) is 0.737. The van der Waals surface area contributed by atoms with Gasteiger partial charge in [-0.2, -0.15) is 0 Å². The van der Waals surface area contributed by atoms with Crippen LogP contribution in [0.4, 0.5) is 0 Å². The highest BCUT2D eigenvalue weighted by Crippen LogP contribution is 2.37. The van der Waals surface area contributed by atoms with Crippen molar-refractivity contribution in [1.29, 1.82) is 0 Å². The van der Waals surface area contributed by atoms with Gasteiger partial charge in [0.1, 0.15) is 4.88 Å². The van der Waals surface area contributed by atoms with Gasteiger partial charge in [0, 0.05) is 25.0 Å². The lowest BCUT2D eigenvalue weighted by molar-refractivity contribution is 0.0745. The standard InChI is InChI=1S/C15H23N3OS.2ClH/c1-10-13(15(19)18-8-4-7-12(18)9-16)20-14(17-10)11-5-2-3-6-11;;/h11-12H,2-9,16H2,1H3;2*1H. The van der Waals surface area contributed by atoms with Crippen molar-refractivity contribution in [3.63, 3.8) is 0 Å². The molecule has 0 bridgehead atoms. The van der Waals surface area contributed by atoms with Crippen LogP contribution in [-0.4, -0.2) is 34.9 Å². The second kappa shape index (κ2) is 8.48. The van der Waals surface area contributed by atoms with Gasteiger partial charge in [-0.3, -0.25) is 4.79 Å². The molecule has 1 unspecified atom stereocenters. The summed E-state index contributed by atoms with van der Waals surface area (Å²) in [7, 11) is 0. The van der Waals surface area contributed by atoms with Gasteiger partial charge in [-0.1, -0.05) is 12.8 Å². The van der Waals surface area contributed by atoms with Crippen molar-refractivity contribution in [2.45, 2.75) is 57.4 Å². The van der Waals surface area contributed by atoms with E-state index in [4.69, 9.17) is 5.73 Å². The first-order chi connectivity index (χ1) is 9.70. The average Bonchev–Trinajstić information content (AvgIpc) is 3.17. The van der Waals surface area contributed by atoms with Gasteiger partial charge in [0.15, 0.2) is 0 Å². The molecule has 1 saturated heterocycles. The van der Waals surface area contributed by atoms with Crippen molar-refractivity contribution in [2.75, 3.05) is 13.1 Å². The number of halogens is 2. The first-order valence-corrected chi connectivity index (χ1v) is 8.50. The fourth-order valence-electron chi connectivity index (χ4n) is 3.44. The maximum absolute atomic E-state index is 12.7. The molecule has 1 aromatic heterocycles. The number of carbonyl (C=O) groups excluding carboxylic acids is 1. The van der Waals surface area contributed by atoms with Gasteiger partial charge in [0.25, 0.3) is 5.91 Å². The van der Waals surface area contributed by atoms with Crippen molar-refractivity contribution in [1.82, 2.24) is 9.88 Å². The summed E-state index contributed by atoms with van der Waals surface area (Å²) in [5, 5.41) is 1.17. The zero-order valence-electron chi connectivity index (χ0n) is 12.9. The van der Waals surface area contributed by atoms with Gasteiger partial charge < -0.3 is 10.6 Å². The number of amides is 1. The van der Waals surface area contributed by atoms with Gasteiger partial charge in [0.05, 0.1) is 10.7 Å². The highest BCUT2D eigenvalue weighted by molar-refractivity contribution is 7.13. The maximum Gasteiger partial charge on any atom is 0.266 e. The number of carbonyl (C=O) groups is 1. The summed E-state index contributed by atoms with van der Waals surface area (Å²) in [5.41, 5.74) is 6.68. The van der Waals surface area contributed by atoms with Gasteiger partial charge in [-0.15, -0.1) is 36.2 Å². The molecule has 1 amide bonds. The molecule has 22 heavy (non-hydrogen) atoms. The third kappa shape index (κ3) is 3.75. The van der Waals surface area contributed by atoms with Crippen LogP contribution in [-0.2, 0) is 0 Å². The van der Waals surface area contributed by atoms with Gasteiger partial charge in [-0.05, 0) is 32.6 Å². The van der Waals surface area contributed by atoms with E-state index >= 15 is 0 Å². The van der Waals surface area contributed by atoms with E-state index in [0.717, 1.165) is 30.0 Å². The number of nitrogens with zero attached hydrogens (tertiary/aromatic N) is 2. The van der Waals surface area contributed by atoms with Crippen LogP contribution in [0.25, 0.3) is 0 Å². The monoisotopic (exact) mass is 365 g/mol. The lowest BCUT2D eigenvalue weighted by atomic mass is 10.1. The number of nitrogens with two attached hydrogens (primary N) is 1. The number of hydrogen-bond donors (Lipinski definition) is 1. The molecule has 2 N–H and O–H groups in total. The fraction of sp³-hybridized carbons (Fsp3) is 0.733. The normalized spacial score (nSPS) is 21.5. The second-order valence-electron chi connectivity index (χ2n) is 5.98. The molecule has 1 aromatic rings. The number of likely N-dealkylation sites (tertiary alicyclic amines) is 1. The van der Waals surface area contributed by atoms with Crippen LogP contribution in [0.5, 0.6) is 0 Å². The summed E-state index contributed by atoms with van der Waals surface area (Å²) in [6.45, 7) is 3.38. The van der Waals surface area contributed by atoms with Crippen molar-refractivity contribution in [3.05, 3.63) is 15.6 Å². The molecule has 1 aliphatic carbocycles. The molecular weight excluding hydrogens is 341 g/mol. The molecule has 1 atom stereocenters. The molecule has 3 rings (SSSR count). The van der Waals surface area contributed by atoms with E-state index in [1.165, 1.54) is 30.7 Å². The van der Waals surface area contributed by atoms with Crippen LogP contribution >= 0.6 is 36.2 Å². The number of aromatic nitrogens is 1. The van der Waals surface area contributed by atoms with Crippen LogP contribution in [0.3, 0.4) is 0 Å². The topological polar surface area (TPSA) is 59.2 Å². The average molecular weight is 366 g/mol. The minimum absolute atomic E-state index is 0. The van der Waals surface area contributed by atoms with Gasteiger partial charge in [0.2, 0.25) is 0 Å². The summed E-state index contributed by atoms with van der Waals surface area (Å²) >= 11 is 1.62. The summed E-state index contributed by atoms with van der Waals surface area (Å²) in [4.78, 5) is 20.2. The Bertz CT molecular complexity index is 503. The Hall–Kier alpha value is -0.360. The maximum atomic E-state index is 12.7. The molecule has 0 aromatic carbocycles. The number of rotatable bonds is 3. The van der Waals surface area contributed by atoms with Gasteiger partial charge in [-0.25, -0.2) is 4.98 Å². The number of thiazole rings is 1. The summed E-state index contributed by atoms with van der Waals surface area (Å²) in [6, 6.07) is 0.221. The molecule has 4 nitrogen and oxygen atoms in total. The van der Waals surface area contributed by atoms with Crippen molar-refractivity contribution in [3.8, 4) is 0 Å². The minimum Gasteiger partial charge on any atom is -0.334 e. The summed E-state index contributed by atoms with van der Waals surface area (Å²) < 4.78 is 0. The highest BCUT2D eigenvalue weighted by Gasteiger charge is 2.31. The zero-order valence-corrected chi connectivity index (χ0v) is 15.4. The van der Waals surface area contributed by atoms with Crippen molar-refractivity contribution in [2.24, 2.45) is 5.73 Å². The lowest BCUT2D eigenvalue weighted by Crippen LogP contribution is -2.39. The molecule has 2 aliphatic rings. The smallest absolute Gasteiger partial charge is 0.266 e. The van der Waals surface area contributed by atoms with E-state index in [0.29, 0.717) is 12.5 Å². The van der Waals surface area contributed by atoms with E-state index in [2.05, 4.69) is 4.98 Å². The van der Waals surface area contributed by atoms with E-state index in [1.54, 1.807) is 11.3 Å². The van der Waals surface area contributed by atoms with Crippen LogP contribution in [0.2, 0.25) is 0 Å². The van der Waals surface area contributed by atoms with E-state index < -0.39 is 0 Å². The third-order valence-corrected chi connectivity index (χ3v) is 5.93. The van der Waals surface area contributed by atoms with Crippen LogP contribution in [0.15, 0.2) is 0 Å². The zero-order chi connectivity index (χ0) is 14.1. The SMILES string of the molecule is Cc1nc(C2CCCC2)sc1C(=O)N1CCCC1CN.Cl.Cl. The van der Waals surface area contributed by atoms with E-state index in [-0.39, 0.29) is 36.8 Å². The number of aryl methyl sites for hydroxylation is 1. The van der Waals surface area contributed by atoms with Gasteiger partial charge >= 0.3 is 0 Å². The highest BCUT2D eigenvalue weighted by atomic mass is 35.5. The number of hydrogen-bond acceptors (Lipinski definition) is 4. The lowest BCUT2D eigenvalue weighted by Gasteiger charge is -2.22. The molecular formula is C15H25Cl2N3OS. The molecule has 0 radical (unpaired) electrons. The molecule has 1 aliphatic heterocycles. The quantitative estimate of drug-likeness (QED) is 0.891. The van der Waals surface area contributed by atoms with Crippen LogP contribution in [0.1, 0.15) is 64.8 Å². The van der Waals surface area contributed by atoms with E-state index in [9.17, 15) is 4.79 Å². The largest absolute Gasteiger partial charge is 0.334 e. The van der Waals surface area contributed by atoms with Crippen LogP contribution < -0.4 is 5.73 Å². The third-order valence-electron chi connectivity index (χ3n) is 4.62. The Morgan fingerprint density at radius 3 is 2.59 bits per heavy atom. The van der Waals surface area contributed by atoms with Crippen molar-refractivity contribution >= 4 is 42.1 Å². The Balaban J connectivity index is 0.00000121.